The average molecular weight is 223 g/mol. The molecule has 0 aliphatic heterocycles. The topological polar surface area (TPSA) is 26.0 Å². The van der Waals surface area contributed by atoms with E-state index in [1.54, 1.807) is 11.8 Å². The van der Waals surface area contributed by atoms with Crippen LogP contribution in [0.3, 0.4) is 0 Å². The van der Waals surface area contributed by atoms with Crippen molar-refractivity contribution in [2.75, 3.05) is 12.0 Å². The summed E-state index contributed by atoms with van der Waals surface area (Å²) in [5.41, 5.74) is 6.90. The van der Waals surface area contributed by atoms with E-state index in [0.29, 0.717) is 0 Å². The second kappa shape index (κ2) is 3.83. The van der Waals surface area contributed by atoms with Gasteiger partial charge < -0.3 is 5.73 Å². The summed E-state index contributed by atoms with van der Waals surface area (Å²) in [6.07, 6.45) is 3.21. The maximum atomic E-state index is 5.99. The predicted octanol–water partition coefficient (Wildman–Crippen LogP) is 3.77. The SMILES string of the molecule is CCc1sc2cccc(N)c2c1SC. The first-order valence-corrected chi connectivity index (χ1v) is 6.66. The molecular formula is C11H13NS2. The Balaban J connectivity index is 2.81. The van der Waals surface area contributed by atoms with Crippen molar-refractivity contribution in [2.24, 2.45) is 0 Å². The number of benzene rings is 1. The zero-order valence-electron chi connectivity index (χ0n) is 8.33. The van der Waals surface area contributed by atoms with Crippen LogP contribution in [0.25, 0.3) is 10.1 Å². The highest BCUT2D eigenvalue weighted by Crippen LogP contribution is 2.40. The summed E-state index contributed by atoms with van der Waals surface area (Å²) in [5, 5.41) is 1.25. The number of nitrogens with two attached hydrogens (primary N) is 1. The van der Waals surface area contributed by atoms with Gasteiger partial charge in [-0.3, -0.25) is 0 Å². The third kappa shape index (κ3) is 1.41. The molecule has 2 N–H and O–H groups in total. The summed E-state index contributed by atoms with van der Waals surface area (Å²) >= 11 is 3.66. The van der Waals surface area contributed by atoms with Crippen LogP contribution in [0.4, 0.5) is 5.69 Å². The molecule has 0 atom stereocenters. The highest BCUT2D eigenvalue weighted by Gasteiger charge is 2.11. The van der Waals surface area contributed by atoms with Gasteiger partial charge in [-0.15, -0.1) is 23.1 Å². The summed E-state index contributed by atoms with van der Waals surface area (Å²) in [6, 6.07) is 6.15. The maximum Gasteiger partial charge on any atom is 0.0413 e. The summed E-state index contributed by atoms with van der Waals surface area (Å²) in [4.78, 5) is 2.82. The standard InChI is InChI=1S/C11H13NS2/c1-3-8-11(13-2)10-7(12)5-4-6-9(10)14-8/h4-6H,3,12H2,1-2H3. The Kier molecular flexibility index (Phi) is 2.70. The molecule has 1 heterocycles. The molecule has 74 valence electrons. The van der Waals surface area contributed by atoms with Crippen molar-refractivity contribution in [3.63, 3.8) is 0 Å². The van der Waals surface area contributed by atoms with Gasteiger partial charge in [-0.05, 0) is 24.8 Å². The molecule has 1 aromatic heterocycles. The van der Waals surface area contributed by atoms with Crippen molar-refractivity contribution in [2.45, 2.75) is 18.2 Å². The van der Waals surface area contributed by atoms with Crippen LogP contribution in [0.5, 0.6) is 0 Å². The van der Waals surface area contributed by atoms with E-state index in [4.69, 9.17) is 5.73 Å². The molecule has 0 fully saturated rings. The number of thioether (sulfide) groups is 1. The van der Waals surface area contributed by atoms with E-state index in [0.717, 1.165) is 12.1 Å². The van der Waals surface area contributed by atoms with Gasteiger partial charge in [0.1, 0.15) is 0 Å². The molecule has 0 aliphatic carbocycles. The number of hydrogen-bond donors (Lipinski definition) is 1. The van der Waals surface area contributed by atoms with E-state index in [1.165, 1.54) is 19.9 Å². The van der Waals surface area contributed by atoms with Crippen molar-refractivity contribution in [3.8, 4) is 0 Å². The molecule has 3 heteroatoms. The van der Waals surface area contributed by atoms with Crippen molar-refractivity contribution in [3.05, 3.63) is 23.1 Å². The maximum absolute atomic E-state index is 5.99. The number of aryl methyl sites for hydroxylation is 1. The lowest BCUT2D eigenvalue weighted by molar-refractivity contribution is 1.15. The Hall–Kier alpha value is -0.670. The van der Waals surface area contributed by atoms with Gasteiger partial charge in [-0.25, -0.2) is 0 Å². The lowest BCUT2D eigenvalue weighted by atomic mass is 10.2. The fraction of sp³-hybridized carbons (Fsp3) is 0.273. The fourth-order valence-corrected chi connectivity index (χ4v) is 3.96. The molecule has 0 aliphatic rings. The van der Waals surface area contributed by atoms with Gasteiger partial charge in [0.25, 0.3) is 0 Å². The molecule has 0 saturated heterocycles. The molecule has 2 rings (SSSR count). The second-order valence-electron chi connectivity index (χ2n) is 3.13. The Bertz CT molecular complexity index is 460. The fourth-order valence-electron chi connectivity index (χ4n) is 1.64. The number of hydrogen-bond acceptors (Lipinski definition) is 3. The molecule has 14 heavy (non-hydrogen) atoms. The number of nitrogen functional groups attached to an aromatic ring is 1. The minimum Gasteiger partial charge on any atom is -0.398 e. The van der Waals surface area contributed by atoms with E-state index in [-0.39, 0.29) is 0 Å². The van der Waals surface area contributed by atoms with Gasteiger partial charge in [0.2, 0.25) is 0 Å². The first kappa shape index (κ1) is 9.87. The van der Waals surface area contributed by atoms with Crippen molar-refractivity contribution in [1.82, 2.24) is 0 Å². The van der Waals surface area contributed by atoms with Crippen LogP contribution in [0.15, 0.2) is 23.1 Å². The zero-order valence-corrected chi connectivity index (χ0v) is 9.97. The van der Waals surface area contributed by atoms with Gasteiger partial charge in [0.15, 0.2) is 0 Å². The van der Waals surface area contributed by atoms with Gasteiger partial charge in [0.05, 0.1) is 0 Å². The summed E-state index contributed by atoms with van der Waals surface area (Å²) < 4.78 is 1.31. The quantitative estimate of drug-likeness (QED) is 0.619. The zero-order chi connectivity index (χ0) is 10.1. The molecule has 0 saturated carbocycles. The Labute approximate surface area is 92.3 Å². The van der Waals surface area contributed by atoms with Gasteiger partial charge in [-0.2, -0.15) is 0 Å². The minimum atomic E-state index is 0.905. The largest absolute Gasteiger partial charge is 0.398 e. The highest BCUT2D eigenvalue weighted by molar-refractivity contribution is 7.99. The molecule has 0 unspecified atom stereocenters. The number of anilines is 1. The van der Waals surface area contributed by atoms with Gasteiger partial charge in [-0.1, -0.05) is 13.0 Å². The van der Waals surface area contributed by atoms with Crippen LogP contribution in [0, 0.1) is 0 Å². The molecule has 0 spiro atoms. The van der Waals surface area contributed by atoms with Crippen LogP contribution in [-0.2, 0) is 6.42 Å². The molecule has 0 radical (unpaired) electrons. The molecule has 0 bridgehead atoms. The van der Waals surface area contributed by atoms with Crippen molar-refractivity contribution in [1.29, 1.82) is 0 Å². The van der Waals surface area contributed by atoms with Crippen LogP contribution in [0.2, 0.25) is 0 Å². The molecular weight excluding hydrogens is 210 g/mol. The summed E-state index contributed by atoms with van der Waals surface area (Å²) in [5.74, 6) is 0. The van der Waals surface area contributed by atoms with Crippen LogP contribution in [0.1, 0.15) is 11.8 Å². The lowest BCUT2D eigenvalue weighted by Crippen LogP contribution is -1.85. The minimum absolute atomic E-state index is 0.905. The molecule has 1 aromatic carbocycles. The number of rotatable bonds is 2. The van der Waals surface area contributed by atoms with Crippen molar-refractivity contribution < 1.29 is 0 Å². The summed E-state index contributed by atoms with van der Waals surface area (Å²) in [6.45, 7) is 2.20. The highest BCUT2D eigenvalue weighted by atomic mass is 32.2. The van der Waals surface area contributed by atoms with Gasteiger partial charge in [0, 0.05) is 25.5 Å². The van der Waals surface area contributed by atoms with Crippen molar-refractivity contribution >= 4 is 38.9 Å². The van der Waals surface area contributed by atoms with E-state index in [2.05, 4.69) is 19.2 Å². The van der Waals surface area contributed by atoms with Crippen LogP contribution >= 0.6 is 23.1 Å². The second-order valence-corrected chi connectivity index (χ2v) is 5.09. The average Bonchev–Trinajstić information content (AvgIpc) is 2.56. The van der Waals surface area contributed by atoms with Crippen LogP contribution in [-0.4, -0.2) is 6.26 Å². The smallest absolute Gasteiger partial charge is 0.0413 e. The van der Waals surface area contributed by atoms with E-state index < -0.39 is 0 Å². The monoisotopic (exact) mass is 223 g/mol. The Morgan fingerprint density at radius 1 is 1.43 bits per heavy atom. The normalized spacial score (nSPS) is 11.0. The first-order valence-electron chi connectivity index (χ1n) is 4.61. The summed E-state index contributed by atoms with van der Waals surface area (Å²) in [7, 11) is 0. The Morgan fingerprint density at radius 3 is 2.86 bits per heavy atom. The third-order valence-corrected chi connectivity index (χ3v) is 4.58. The first-order chi connectivity index (χ1) is 6.77. The van der Waals surface area contributed by atoms with E-state index in [9.17, 15) is 0 Å². The predicted molar refractivity (Wildman–Crippen MR) is 67.4 cm³/mol. The molecule has 0 amide bonds. The lowest BCUT2D eigenvalue weighted by Gasteiger charge is -2.00. The Morgan fingerprint density at radius 2 is 2.21 bits per heavy atom. The number of thiophene rings is 1. The van der Waals surface area contributed by atoms with Gasteiger partial charge >= 0.3 is 0 Å². The van der Waals surface area contributed by atoms with E-state index in [1.807, 2.05) is 23.5 Å². The molecule has 1 nitrogen and oxygen atoms in total. The number of fused-ring (bicyclic) bond motifs is 1. The van der Waals surface area contributed by atoms with Crippen LogP contribution < -0.4 is 5.73 Å². The third-order valence-electron chi connectivity index (χ3n) is 2.30. The molecule has 2 aromatic rings. The van der Waals surface area contributed by atoms with E-state index >= 15 is 0 Å².